The first-order valence-electron chi connectivity index (χ1n) is 15.8. The Hall–Kier alpha value is -5.61. The van der Waals surface area contributed by atoms with E-state index in [2.05, 4.69) is 35.8 Å². The third kappa shape index (κ3) is 10.9. The van der Waals surface area contributed by atoms with Gasteiger partial charge in [-0.2, -0.15) is 8.42 Å². The van der Waals surface area contributed by atoms with E-state index in [1.165, 1.54) is 72.8 Å². The van der Waals surface area contributed by atoms with Crippen molar-refractivity contribution < 1.29 is 88.7 Å². The number of aromatic amines is 2. The summed E-state index contributed by atoms with van der Waals surface area (Å²) in [5, 5.41) is 49.6. The number of H-pyrrole nitrogens is 2. The zero-order valence-electron chi connectivity index (χ0n) is 30.6. The molecule has 2 heterocycles. The van der Waals surface area contributed by atoms with Crippen molar-refractivity contribution in [2.24, 2.45) is 25.6 Å². The van der Waals surface area contributed by atoms with Crippen LogP contribution in [0.3, 0.4) is 0 Å². The molecule has 24 heteroatoms. The van der Waals surface area contributed by atoms with Crippen molar-refractivity contribution in [2.45, 2.75) is 23.6 Å². The number of aryl methyl sites for hydroxylation is 2. The van der Waals surface area contributed by atoms with Crippen molar-refractivity contribution in [3.63, 3.8) is 0 Å². The van der Waals surface area contributed by atoms with Crippen molar-refractivity contribution in [2.75, 3.05) is 0 Å². The number of carboxylic acid groups (broad SMARTS) is 2. The van der Waals surface area contributed by atoms with E-state index < -0.39 is 43.1 Å². The van der Waals surface area contributed by atoms with Crippen LogP contribution >= 0.6 is 0 Å². The van der Waals surface area contributed by atoms with Gasteiger partial charge in [0, 0.05) is 22.9 Å². The molecule has 20 nitrogen and oxygen atoms in total. The first kappa shape index (κ1) is 46.8. The third-order valence-electron chi connectivity index (χ3n) is 7.69. The van der Waals surface area contributed by atoms with Crippen LogP contribution in [0.25, 0.3) is 11.4 Å². The second kappa shape index (κ2) is 19.2. The number of hydrogen-bond donors (Lipinski definition) is 5. The molecule has 0 radical (unpaired) electrons. The van der Waals surface area contributed by atoms with Crippen molar-refractivity contribution in [1.29, 1.82) is 0 Å². The van der Waals surface area contributed by atoms with Gasteiger partial charge in [0.05, 0.1) is 44.9 Å². The molecule has 0 atom stereocenters. The van der Waals surface area contributed by atoms with Crippen LogP contribution in [0.4, 0.5) is 22.7 Å². The second-order valence-corrected chi connectivity index (χ2v) is 14.9. The number of rotatable bonds is 10. The topological polar surface area (TPSA) is 324 Å². The van der Waals surface area contributed by atoms with Gasteiger partial charge in [-0.05, 0) is 68.4 Å². The summed E-state index contributed by atoms with van der Waals surface area (Å²) in [5.41, 5.74) is -0.0825. The van der Waals surface area contributed by atoms with Crippen LogP contribution in [0.1, 0.15) is 32.1 Å². The fraction of sp³-hybridized carbons (Fsp3) is 0.0588. The minimum Gasteiger partial charge on any atom is -0.545 e. The summed E-state index contributed by atoms with van der Waals surface area (Å²) in [7, 11) is -7.63. The van der Waals surface area contributed by atoms with Gasteiger partial charge in [0.2, 0.25) is 10.0 Å². The molecule has 0 amide bonds. The number of benzene rings is 4. The quantitative estimate of drug-likeness (QED) is 0.0861. The number of nitrogens with two attached hydrogens (primary N) is 1. The molecule has 0 spiro atoms. The Balaban J connectivity index is 0.000000300. The molecule has 0 saturated heterocycles. The summed E-state index contributed by atoms with van der Waals surface area (Å²) in [6.45, 7) is 3.16. The number of azo groups is 2. The van der Waals surface area contributed by atoms with E-state index >= 15 is 0 Å². The average Bonchev–Trinajstić information content (AvgIpc) is 3.61. The first-order valence-corrected chi connectivity index (χ1v) is 19.0. The number of primary sulfonamides is 1. The monoisotopic (exact) mass is 877 g/mol. The summed E-state index contributed by atoms with van der Waals surface area (Å²) in [4.78, 5) is 47.5. The first-order chi connectivity index (χ1) is 26.4. The predicted octanol–water partition coefficient (Wildman–Crippen LogP) is -0.580. The van der Waals surface area contributed by atoms with Crippen LogP contribution in [-0.4, -0.2) is 53.4 Å². The van der Waals surface area contributed by atoms with Crippen LogP contribution in [0.5, 0.6) is 0 Å². The molecule has 6 aromatic rings. The molecule has 2 aromatic heterocycles. The number of carboxylic acids is 2. The molecule has 0 aliphatic heterocycles. The summed E-state index contributed by atoms with van der Waals surface area (Å²) in [6, 6.07) is 23.0. The number of aromatic nitrogens is 4. The van der Waals surface area contributed by atoms with Crippen molar-refractivity contribution in [3.05, 3.63) is 140 Å². The van der Waals surface area contributed by atoms with Crippen LogP contribution < -0.4 is 56.1 Å². The smallest absolute Gasteiger partial charge is 0.545 e. The van der Waals surface area contributed by atoms with E-state index in [0.717, 1.165) is 9.36 Å². The number of nitrogens with zero attached hydrogens (tertiary/aromatic N) is 6. The molecule has 0 aliphatic rings. The Kier molecular flexibility index (Phi) is 15.5. The number of nitrogens with one attached hydrogen (secondary N) is 2. The Morgan fingerprint density at radius 3 is 1.53 bits per heavy atom. The normalized spacial score (nSPS) is 11.4. The number of quaternary nitrogens is 1. The molecule has 0 bridgehead atoms. The maximum absolute atomic E-state index is 12.7. The van der Waals surface area contributed by atoms with Gasteiger partial charge in [-0.1, -0.05) is 42.5 Å². The van der Waals surface area contributed by atoms with Crippen LogP contribution in [0, 0.1) is 13.8 Å². The predicted molar refractivity (Wildman–Crippen MR) is 196 cm³/mol. The fourth-order valence-corrected chi connectivity index (χ4v) is 6.11. The van der Waals surface area contributed by atoms with Crippen LogP contribution in [0.2, 0.25) is 0 Å². The largest absolute Gasteiger partial charge is 1.00 e. The molecule has 6 rings (SSSR count). The molecular weight excluding hydrogens is 848 g/mol. The van der Waals surface area contributed by atoms with E-state index in [1.54, 1.807) is 38.1 Å². The minimum atomic E-state index is -3.94. The maximum Gasteiger partial charge on any atom is 1.00 e. The summed E-state index contributed by atoms with van der Waals surface area (Å²) in [5.74, 6) is -2.58. The number of hydrogen-bond acceptors (Lipinski definition) is 13. The van der Waals surface area contributed by atoms with Crippen molar-refractivity contribution in [1.82, 2.24) is 19.6 Å². The zero-order valence-corrected chi connectivity index (χ0v) is 35.5. The minimum absolute atomic E-state index is 0. The average molecular weight is 878 g/mol. The standard InChI is InChI=1S/2C17H15N5O5S.Cr.Na/c2*1-10-15(20-19-14-8-3-2-7-13(14)17(24)25)16(23)22(21-10)11-5-4-6-12(9-11)28(18,26)27;;/h2*2-9,21H,1H3,(H,24,25)(H2,18,26,27);;/q;;;+1. The number of sulfonamides is 2. The van der Waals surface area contributed by atoms with Gasteiger partial charge < -0.3 is 15.0 Å². The van der Waals surface area contributed by atoms with Gasteiger partial charge in [0.25, 0.3) is 11.1 Å². The second-order valence-electron chi connectivity index (χ2n) is 11.6. The summed E-state index contributed by atoms with van der Waals surface area (Å²) in [6.07, 6.45) is 0. The number of aromatic carboxylic acids is 2. The molecule has 8 N–H and O–H groups in total. The van der Waals surface area contributed by atoms with E-state index in [4.69, 9.17) is 5.14 Å². The van der Waals surface area contributed by atoms with E-state index in [9.17, 15) is 46.2 Å². The molecule has 4 aromatic carbocycles. The van der Waals surface area contributed by atoms with Gasteiger partial charge in [0.1, 0.15) is 10.6 Å². The van der Waals surface area contributed by atoms with E-state index in [0.29, 0.717) is 11.4 Å². The summed E-state index contributed by atoms with van der Waals surface area (Å²) >= 11 is 0. The van der Waals surface area contributed by atoms with Crippen molar-refractivity contribution in [3.8, 4) is 11.4 Å². The Bertz CT molecular complexity index is 2730. The molecule has 0 fully saturated rings. The van der Waals surface area contributed by atoms with Gasteiger partial charge in [-0.15, -0.1) is 20.5 Å². The SMILES string of the molecule is Cc1[nH]n(-c2cccc(S(N)(=O)=O)c2)c(=O)c1N=Nc1ccccc1C(=O)[O-].Cc1[nH]n(-c2cccc(S([NH3+])(=O)=O)c2)c(=O)c1N=Nc1ccccc1C(=O)O.[Cr].[Na+]. The molecular formula is C34H30CrN10NaO10S2+. The molecule has 0 aliphatic carbocycles. The molecule has 0 unspecified atom stereocenters. The maximum atomic E-state index is 12.7. The van der Waals surface area contributed by atoms with Gasteiger partial charge in [-0.25, -0.2) is 32.9 Å². The van der Waals surface area contributed by atoms with Crippen molar-refractivity contribution >= 4 is 54.7 Å². The fourth-order valence-electron chi connectivity index (χ4n) is 4.97. The van der Waals surface area contributed by atoms with Gasteiger partial charge >= 0.3 is 45.5 Å². The van der Waals surface area contributed by atoms with Crippen LogP contribution in [-0.2, 0) is 37.4 Å². The van der Waals surface area contributed by atoms with Gasteiger partial charge in [0.15, 0.2) is 11.4 Å². The zero-order chi connectivity index (χ0) is 40.9. The van der Waals surface area contributed by atoms with Gasteiger partial charge in [-0.3, -0.25) is 19.8 Å². The van der Waals surface area contributed by atoms with E-state index in [-0.39, 0.29) is 102 Å². The number of carbonyl (C=O) groups is 2. The van der Waals surface area contributed by atoms with Crippen LogP contribution in [0.15, 0.2) is 137 Å². The third-order valence-corrected chi connectivity index (χ3v) is 9.58. The molecule has 0 saturated carbocycles. The Labute approximate surface area is 361 Å². The molecule has 58 heavy (non-hydrogen) atoms. The number of carbonyl (C=O) groups excluding carboxylic acids is 1. The molecule has 294 valence electrons. The Morgan fingerprint density at radius 2 is 1.10 bits per heavy atom. The summed E-state index contributed by atoms with van der Waals surface area (Å²) < 4.78 is 48.5. The Morgan fingerprint density at radius 1 is 0.690 bits per heavy atom. The van der Waals surface area contributed by atoms with E-state index in [1.807, 2.05) is 0 Å².